The van der Waals surface area contributed by atoms with Crippen molar-refractivity contribution in [1.82, 2.24) is 14.3 Å². The van der Waals surface area contributed by atoms with E-state index in [1.807, 2.05) is 24.5 Å². The Kier molecular flexibility index (Phi) is 3.50. The Morgan fingerprint density at radius 3 is 3.05 bits per heavy atom. The van der Waals surface area contributed by atoms with Crippen molar-refractivity contribution in [3.05, 3.63) is 35.4 Å². The van der Waals surface area contributed by atoms with Gasteiger partial charge in [0.1, 0.15) is 5.82 Å². The summed E-state index contributed by atoms with van der Waals surface area (Å²) < 4.78 is 2.16. The number of rotatable bonds is 3. The van der Waals surface area contributed by atoms with Gasteiger partial charge in [0.25, 0.3) is 0 Å². The van der Waals surface area contributed by atoms with E-state index in [0.717, 1.165) is 28.7 Å². The van der Waals surface area contributed by atoms with E-state index in [9.17, 15) is 0 Å². The lowest BCUT2D eigenvalue weighted by atomic mass is 10.0. The molecule has 1 atom stereocenters. The lowest BCUT2D eigenvalue weighted by molar-refractivity contribution is 0.264. The molecule has 2 aromatic rings. The largest absolute Gasteiger partial charge is 0.304 e. The van der Waals surface area contributed by atoms with Gasteiger partial charge in [-0.1, -0.05) is 11.6 Å². The zero-order valence-electron chi connectivity index (χ0n) is 11.5. The molecule has 102 valence electrons. The molecule has 0 radical (unpaired) electrons. The molecule has 2 aromatic heterocycles. The van der Waals surface area contributed by atoms with Crippen LogP contribution in [0.1, 0.15) is 26.1 Å². The molecule has 3 heterocycles. The molecule has 0 N–H and O–H groups in total. The minimum atomic E-state index is 0.654. The van der Waals surface area contributed by atoms with Gasteiger partial charge in [0.05, 0.1) is 11.7 Å². The monoisotopic (exact) mass is 277 g/mol. The topological polar surface area (TPSA) is 20.5 Å². The number of hydrogen-bond acceptors (Lipinski definition) is 2. The van der Waals surface area contributed by atoms with Gasteiger partial charge < -0.3 is 9.30 Å². The highest BCUT2D eigenvalue weighted by molar-refractivity contribution is 6.30. The summed E-state index contributed by atoms with van der Waals surface area (Å²) in [4.78, 5) is 7.11. The Morgan fingerprint density at radius 1 is 1.47 bits per heavy atom. The molecule has 0 aromatic carbocycles. The first-order valence-electron chi connectivity index (χ1n) is 6.99. The van der Waals surface area contributed by atoms with Crippen molar-refractivity contribution in [2.75, 3.05) is 13.1 Å². The summed E-state index contributed by atoms with van der Waals surface area (Å²) in [5.41, 5.74) is 1.08. The summed E-state index contributed by atoms with van der Waals surface area (Å²) in [5, 5.41) is 0.769. The van der Waals surface area contributed by atoms with Crippen LogP contribution in [0.25, 0.3) is 5.52 Å². The highest BCUT2D eigenvalue weighted by Gasteiger charge is 2.25. The van der Waals surface area contributed by atoms with Crippen molar-refractivity contribution in [3.63, 3.8) is 0 Å². The van der Waals surface area contributed by atoms with Gasteiger partial charge in [-0.15, -0.1) is 0 Å². The molecule has 3 rings (SSSR count). The highest BCUT2D eigenvalue weighted by atomic mass is 35.5. The predicted molar refractivity (Wildman–Crippen MR) is 78.7 cm³/mol. The van der Waals surface area contributed by atoms with Crippen LogP contribution in [0.5, 0.6) is 0 Å². The maximum absolute atomic E-state index is 6.00. The van der Waals surface area contributed by atoms with Crippen molar-refractivity contribution < 1.29 is 0 Å². The third-order valence-corrected chi connectivity index (χ3v) is 4.32. The maximum Gasteiger partial charge on any atom is 0.113 e. The van der Waals surface area contributed by atoms with Crippen LogP contribution in [0.15, 0.2) is 24.5 Å². The zero-order chi connectivity index (χ0) is 13.4. The summed E-state index contributed by atoms with van der Waals surface area (Å²) in [6.45, 7) is 6.96. The normalized spacial score (nSPS) is 20.7. The number of imidazole rings is 1. The Hall–Kier alpha value is -1.06. The first-order valence-corrected chi connectivity index (χ1v) is 7.37. The molecule has 0 spiro atoms. The molecule has 1 fully saturated rings. The summed E-state index contributed by atoms with van der Waals surface area (Å²) in [7, 11) is 0. The van der Waals surface area contributed by atoms with Gasteiger partial charge in [-0.3, -0.25) is 0 Å². The van der Waals surface area contributed by atoms with Crippen molar-refractivity contribution in [2.45, 2.75) is 32.7 Å². The fraction of sp³-hybridized carbons (Fsp3) is 0.533. The second kappa shape index (κ2) is 5.14. The number of fused-ring (bicyclic) bond motifs is 1. The molecule has 1 aliphatic heterocycles. The van der Waals surface area contributed by atoms with Crippen LogP contribution in [0.3, 0.4) is 0 Å². The van der Waals surface area contributed by atoms with E-state index in [4.69, 9.17) is 11.6 Å². The van der Waals surface area contributed by atoms with Crippen molar-refractivity contribution in [1.29, 1.82) is 0 Å². The maximum atomic E-state index is 6.00. The molecule has 19 heavy (non-hydrogen) atoms. The zero-order valence-corrected chi connectivity index (χ0v) is 12.3. The molecule has 0 aliphatic carbocycles. The molecule has 4 heteroatoms. The van der Waals surface area contributed by atoms with Crippen LogP contribution >= 0.6 is 11.6 Å². The molecule has 1 aliphatic rings. The molecule has 1 saturated heterocycles. The molecule has 0 bridgehead atoms. The lowest BCUT2D eigenvalue weighted by Crippen LogP contribution is -2.28. The molecular weight excluding hydrogens is 258 g/mol. The first kappa shape index (κ1) is 12.9. The summed E-state index contributed by atoms with van der Waals surface area (Å²) in [6.07, 6.45) is 6.27. The Morgan fingerprint density at radius 2 is 2.32 bits per heavy atom. The van der Waals surface area contributed by atoms with Crippen molar-refractivity contribution in [2.24, 2.45) is 5.92 Å². The van der Waals surface area contributed by atoms with Crippen LogP contribution in [0.4, 0.5) is 0 Å². The van der Waals surface area contributed by atoms with Crippen molar-refractivity contribution >= 4 is 17.1 Å². The molecule has 3 nitrogen and oxygen atoms in total. The van der Waals surface area contributed by atoms with E-state index < -0.39 is 0 Å². The van der Waals surface area contributed by atoms with Crippen LogP contribution in [-0.4, -0.2) is 33.4 Å². The summed E-state index contributed by atoms with van der Waals surface area (Å²) in [5.74, 6) is 1.88. The van der Waals surface area contributed by atoms with E-state index in [1.165, 1.54) is 19.5 Å². The van der Waals surface area contributed by atoms with Crippen molar-refractivity contribution in [3.8, 4) is 0 Å². The third kappa shape index (κ3) is 2.63. The number of pyridine rings is 1. The van der Waals surface area contributed by atoms with E-state index in [2.05, 4.69) is 28.1 Å². The number of aromatic nitrogens is 2. The van der Waals surface area contributed by atoms with Crippen LogP contribution < -0.4 is 0 Å². The van der Waals surface area contributed by atoms with Gasteiger partial charge >= 0.3 is 0 Å². The fourth-order valence-electron chi connectivity index (χ4n) is 2.94. The minimum absolute atomic E-state index is 0.654. The average molecular weight is 278 g/mol. The lowest BCUT2D eigenvalue weighted by Gasteiger charge is -2.20. The predicted octanol–water partition coefficient (Wildman–Crippen LogP) is 3.26. The minimum Gasteiger partial charge on any atom is -0.304 e. The molecular formula is C15H20ClN3. The average Bonchev–Trinajstić information content (AvgIpc) is 2.97. The first-order chi connectivity index (χ1) is 9.13. The molecule has 0 amide bonds. The number of likely N-dealkylation sites (tertiary alicyclic amines) is 1. The van der Waals surface area contributed by atoms with Gasteiger partial charge in [-0.05, 0) is 44.9 Å². The Balaban J connectivity index is 1.76. The molecule has 0 saturated carbocycles. The fourth-order valence-corrected chi connectivity index (χ4v) is 3.10. The van der Waals surface area contributed by atoms with Gasteiger partial charge in [-0.2, -0.15) is 0 Å². The number of halogens is 1. The van der Waals surface area contributed by atoms with Gasteiger partial charge in [-0.25, -0.2) is 4.98 Å². The van der Waals surface area contributed by atoms with Gasteiger partial charge in [0.2, 0.25) is 0 Å². The van der Waals surface area contributed by atoms with Gasteiger partial charge in [0.15, 0.2) is 0 Å². The van der Waals surface area contributed by atoms with E-state index in [1.54, 1.807) is 0 Å². The van der Waals surface area contributed by atoms with Crippen LogP contribution in [0.2, 0.25) is 5.02 Å². The second-order valence-corrected chi connectivity index (χ2v) is 6.20. The van der Waals surface area contributed by atoms with E-state index in [-0.39, 0.29) is 0 Å². The summed E-state index contributed by atoms with van der Waals surface area (Å²) in [6, 6.07) is 4.54. The summed E-state index contributed by atoms with van der Waals surface area (Å²) >= 11 is 6.00. The Labute approximate surface area is 119 Å². The standard InChI is InChI=1S/C15H20ClN3/c1-11(2)18-5-3-12(10-18)7-15-17-9-14-8-13(16)4-6-19(14)15/h4,6,8-9,11-12H,3,5,7,10H2,1-2H3. The van der Waals surface area contributed by atoms with E-state index >= 15 is 0 Å². The molecule has 1 unspecified atom stereocenters. The quantitative estimate of drug-likeness (QED) is 0.858. The number of hydrogen-bond donors (Lipinski definition) is 0. The second-order valence-electron chi connectivity index (χ2n) is 5.76. The SMILES string of the molecule is CC(C)N1CCC(Cc2ncc3cc(Cl)ccn23)C1. The number of nitrogens with zero attached hydrogens (tertiary/aromatic N) is 3. The third-order valence-electron chi connectivity index (χ3n) is 4.09. The highest BCUT2D eigenvalue weighted by Crippen LogP contribution is 2.23. The van der Waals surface area contributed by atoms with Crippen LogP contribution in [0, 0.1) is 5.92 Å². The van der Waals surface area contributed by atoms with E-state index in [0.29, 0.717) is 6.04 Å². The van der Waals surface area contributed by atoms with Gasteiger partial charge in [0, 0.05) is 30.2 Å². The van der Waals surface area contributed by atoms with Crippen LogP contribution in [-0.2, 0) is 6.42 Å². The smallest absolute Gasteiger partial charge is 0.113 e. The Bertz CT molecular complexity index is 576.